The minimum absolute atomic E-state index is 0.199. The number of hydrogen-bond donors (Lipinski definition) is 2. The van der Waals surface area contributed by atoms with Crippen LogP contribution in [0.2, 0.25) is 0 Å². The summed E-state index contributed by atoms with van der Waals surface area (Å²) in [4.78, 5) is 12.1. The van der Waals surface area contributed by atoms with Crippen molar-refractivity contribution in [3.05, 3.63) is 47.3 Å². The molecule has 3 N–H and O–H groups in total. The highest BCUT2D eigenvalue weighted by Crippen LogP contribution is 2.17. The SMILES string of the molecule is Cn1cc(C(N)C(=O)Nc2ccc(C#N)c(C#N)c2)cn1. The maximum Gasteiger partial charge on any atom is 0.246 e. The molecule has 0 aliphatic heterocycles. The van der Waals surface area contributed by atoms with E-state index in [0.717, 1.165) is 0 Å². The Morgan fingerprint density at radius 3 is 2.67 bits per heavy atom. The first-order valence-electron chi connectivity index (χ1n) is 6.04. The van der Waals surface area contributed by atoms with Crippen molar-refractivity contribution >= 4 is 11.6 Å². The predicted octanol–water partition coefficient (Wildman–Crippen LogP) is 0.802. The van der Waals surface area contributed by atoms with Crippen LogP contribution in [0, 0.1) is 22.7 Å². The number of carbonyl (C=O) groups is 1. The summed E-state index contributed by atoms with van der Waals surface area (Å²) in [6.45, 7) is 0. The molecule has 104 valence electrons. The number of nitrogens with one attached hydrogen (secondary N) is 1. The smallest absolute Gasteiger partial charge is 0.246 e. The van der Waals surface area contributed by atoms with Gasteiger partial charge in [0.05, 0.1) is 17.3 Å². The number of aryl methyl sites for hydroxylation is 1. The summed E-state index contributed by atoms with van der Waals surface area (Å²) in [6, 6.07) is 7.41. The summed E-state index contributed by atoms with van der Waals surface area (Å²) in [5.74, 6) is -0.420. The zero-order valence-electron chi connectivity index (χ0n) is 11.2. The number of carbonyl (C=O) groups excluding carboxylic acids is 1. The van der Waals surface area contributed by atoms with E-state index < -0.39 is 11.9 Å². The number of hydrogen-bond acceptors (Lipinski definition) is 5. The van der Waals surface area contributed by atoms with Gasteiger partial charge in [-0.25, -0.2) is 0 Å². The molecule has 0 bridgehead atoms. The lowest BCUT2D eigenvalue weighted by atomic mass is 10.1. The lowest BCUT2D eigenvalue weighted by Gasteiger charge is -2.11. The Morgan fingerprint density at radius 2 is 2.10 bits per heavy atom. The molecule has 1 amide bonds. The number of rotatable bonds is 3. The summed E-state index contributed by atoms with van der Waals surface area (Å²) in [5.41, 5.74) is 7.30. The van der Waals surface area contributed by atoms with Crippen molar-refractivity contribution in [2.24, 2.45) is 12.8 Å². The largest absolute Gasteiger partial charge is 0.324 e. The zero-order valence-corrected chi connectivity index (χ0v) is 11.2. The molecule has 0 saturated carbocycles. The first-order chi connectivity index (χ1) is 10.0. The lowest BCUT2D eigenvalue weighted by molar-refractivity contribution is -0.117. The van der Waals surface area contributed by atoms with Crippen molar-refractivity contribution in [2.75, 3.05) is 5.32 Å². The average molecular weight is 280 g/mol. The van der Waals surface area contributed by atoms with Crippen LogP contribution in [-0.2, 0) is 11.8 Å². The van der Waals surface area contributed by atoms with Crippen LogP contribution in [0.25, 0.3) is 0 Å². The molecule has 1 aromatic heterocycles. The molecule has 0 aliphatic rings. The van der Waals surface area contributed by atoms with Crippen molar-refractivity contribution in [1.82, 2.24) is 9.78 Å². The second-order valence-corrected chi connectivity index (χ2v) is 4.40. The Kier molecular flexibility index (Phi) is 3.98. The third-order valence-electron chi connectivity index (χ3n) is 2.89. The molecule has 1 atom stereocenters. The Labute approximate surface area is 121 Å². The molecule has 7 heteroatoms. The van der Waals surface area contributed by atoms with Crippen molar-refractivity contribution in [2.45, 2.75) is 6.04 Å². The number of benzene rings is 1. The van der Waals surface area contributed by atoms with E-state index in [0.29, 0.717) is 11.3 Å². The molecule has 0 spiro atoms. The topological polar surface area (TPSA) is 121 Å². The van der Waals surface area contributed by atoms with Crippen LogP contribution in [0.15, 0.2) is 30.6 Å². The van der Waals surface area contributed by atoms with Gasteiger partial charge in [0.1, 0.15) is 18.2 Å². The zero-order chi connectivity index (χ0) is 15.4. The van der Waals surface area contributed by atoms with Crippen molar-refractivity contribution in [3.63, 3.8) is 0 Å². The van der Waals surface area contributed by atoms with E-state index >= 15 is 0 Å². The molecule has 1 unspecified atom stereocenters. The third-order valence-corrected chi connectivity index (χ3v) is 2.89. The molecular formula is C14H12N6O. The van der Waals surface area contributed by atoms with Gasteiger partial charge in [-0.15, -0.1) is 0 Å². The fourth-order valence-corrected chi connectivity index (χ4v) is 1.78. The molecule has 2 aromatic rings. The van der Waals surface area contributed by atoms with Crippen LogP contribution < -0.4 is 11.1 Å². The highest BCUT2D eigenvalue weighted by Gasteiger charge is 2.17. The minimum atomic E-state index is -0.861. The van der Waals surface area contributed by atoms with Crippen LogP contribution in [-0.4, -0.2) is 15.7 Å². The first-order valence-corrected chi connectivity index (χ1v) is 6.04. The molecule has 0 fully saturated rings. The van der Waals surface area contributed by atoms with Gasteiger partial charge in [0.25, 0.3) is 0 Å². The fraction of sp³-hybridized carbons (Fsp3) is 0.143. The Hall–Kier alpha value is -3.16. The average Bonchev–Trinajstić information content (AvgIpc) is 2.92. The van der Waals surface area contributed by atoms with E-state index in [1.807, 2.05) is 12.1 Å². The van der Waals surface area contributed by atoms with Crippen molar-refractivity contribution in [1.29, 1.82) is 10.5 Å². The summed E-state index contributed by atoms with van der Waals surface area (Å²) in [7, 11) is 1.73. The number of nitrogens with zero attached hydrogens (tertiary/aromatic N) is 4. The predicted molar refractivity (Wildman–Crippen MR) is 74.6 cm³/mol. The maximum absolute atomic E-state index is 12.1. The highest BCUT2D eigenvalue weighted by molar-refractivity contribution is 5.95. The summed E-state index contributed by atoms with van der Waals surface area (Å²) >= 11 is 0. The van der Waals surface area contributed by atoms with Gasteiger partial charge >= 0.3 is 0 Å². The molecule has 0 saturated heterocycles. The number of nitriles is 2. The third kappa shape index (κ3) is 3.06. The van der Waals surface area contributed by atoms with Gasteiger partial charge in [0.2, 0.25) is 5.91 Å². The quantitative estimate of drug-likeness (QED) is 0.861. The Balaban J connectivity index is 2.17. The van der Waals surface area contributed by atoms with E-state index in [1.54, 1.807) is 24.0 Å². The summed E-state index contributed by atoms with van der Waals surface area (Å²) in [6.07, 6.45) is 3.17. The molecule has 1 aromatic carbocycles. The van der Waals surface area contributed by atoms with Gasteiger partial charge in [-0.1, -0.05) is 0 Å². The first kappa shape index (κ1) is 14.3. The number of aromatic nitrogens is 2. The highest BCUT2D eigenvalue weighted by atomic mass is 16.2. The van der Waals surface area contributed by atoms with Gasteiger partial charge in [0, 0.05) is 24.5 Å². The molecule has 7 nitrogen and oxygen atoms in total. The number of amides is 1. The van der Waals surface area contributed by atoms with Crippen LogP contribution >= 0.6 is 0 Å². The molecule has 2 rings (SSSR count). The van der Waals surface area contributed by atoms with Gasteiger partial charge in [0.15, 0.2) is 0 Å². The maximum atomic E-state index is 12.1. The van der Waals surface area contributed by atoms with Crippen LogP contribution in [0.3, 0.4) is 0 Å². The molecule has 0 aliphatic carbocycles. The second kappa shape index (κ2) is 5.87. The summed E-state index contributed by atoms with van der Waals surface area (Å²) < 4.78 is 1.55. The van der Waals surface area contributed by atoms with E-state index in [-0.39, 0.29) is 11.1 Å². The monoisotopic (exact) mass is 280 g/mol. The number of anilines is 1. The molecule has 21 heavy (non-hydrogen) atoms. The molecular weight excluding hydrogens is 268 g/mol. The van der Waals surface area contributed by atoms with Crippen LogP contribution in [0.4, 0.5) is 5.69 Å². The van der Waals surface area contributed by atoms with E-state index in [4.69, 9.17) is 16.3 Å². The van der Waals surface area contributed by atoms with Gasteiger partial charge in [-0.05, 0) is 18.2 Å². The lowest BCUT2D eigenvalue weighted by Crippen LogP contribution is -2.27. The van der Waals surface area contributed by atoms with E-state index in [1.165, 1.54) is 18.3 Å². The van der Waals surface area contributed by atoms with Crippen molar-refractivity contribution in [3.8, 4) is 12.1 Å². The van der Waals surface area contributed by atoms with Gasteiger partial charge in [-0.3, -0.25) is 9.48 Å². The van der Waals surface area contributed by atoms with Gasteiger partial charge < -0.3 is 11.1 Å². The van der Waals surface area contributed by atoms with Gasteiger partial charge in [-0.2, -0.15) is 15.6 Å². The van der Waals surface area contributed by atoms with Crippen LogP contribution in [0.1, 0.15) is 22.7 Å². The fourth-order valence-electron chi connectivity index (χ4n) is 1.78. The Bertz CT molecular complexity index is 765. The van der Waals surface area contributed by atoms with Crippen LogP contribution in [0.5, 0.6) is 0 Å². The Morgan fingerprint density at radius 1 is 1.38 bits per heavy atom. The normalized spacial score (nSPS) is 11.2. The van der Waals surface area contributed by atoms with E-state index in [9.17, 15) is 4.79 Å². The molecule has 1 heterocycles. The molecule has 0 radical (unpaired) electrons. The summed E-state index contributed by atoms with van der Waals surface area (Å²) in [5, 5.41) is 24.4. The van der Waals surface area contributed by atoms with E-state index in [2.05, 4.69) is 10.4 Å². The second-order valence-electron chi connectivity index (χ2n) is 4.40. The number of nitrogens with two attached hydrogens (primary N) is 1. The standard InChI is InChI=1S/C14H12N6O/c1-20-8-11(7-18-20)13(17)14(21)19-12-3-2-9(5-15)10(4-12)6-16/h2-4,7-8,13H,17H2,1H3,(H,19,21). The minimum Gasteiger partial charge on any atom is -0.324 e. The van der Waals surface area contributed by atoms with Crippen molar-refractivity contribution < 1.29 is 4.79 Å².